The molecule has 0 spiro atoms. The van der Waals surface area contributed by atoms with Gasteiger partial charge in [-0.3, -0.25) is 0 Å². The number of hydrogen-bond acceptors (Lipinski definition) is 3. The second kappa shape index (κ2) is 4.61. The molecule has 4 nitrogen and oxygen atoms in total. The third-order valence-corrected chi connectivity index (χ3v) is 2.30. The van der Waals surface area contributed by atoms with Crippen molar-refractivity contribution in [3.8, 4) is 0 Å². The Hall–Kier alpha value is -2.10. The molecule has 0 fully saturated rings. The Bertz CT molecular complexity index is 473. The summed E-state index contributed by atoms with van der Waals surface area (Å²) in [7, 11) is 0. The van der Waals surface area contributed by atoms with Crippen LogP contribution in [0.1, 0.15) is 17.1 Å². The minimum atomic E-state index is 0.714. The van der Waals surface area contributed by atoms with E-state index in [1.165, 1.54) is 11.8 Å². The lowest BCUT2D eigenvalue weighted by Gasteiger charge is -2.03. The quantitative estimate of drug-likeness (QED) is 0.684. The summed E-state index contributed by atoms with van der Waals surface area (Å²) in [5.41, 5.74) is 1.91. The van der Waals surface area contributed by atoms with Crippen LogP contribution >= 0.6 is 0 Å². The van der Waals surface area contributed by atoms with Crippen molar-refractivity contribution in [3.63, 3.8) is 0 Å². The summed E-state index contributed by atoms with van der Waals surface area (Å²) in [6.45, 7) is 2.59. The fourth-order valence-electron chi connectivity index (χ4n) is 1.53. The summed E-state index contributed by atoms with van der Waals surface area (Å²) in [6.07, 6.45) is 1.27. The molecule has 82 valence electrons. The van der Waals surface area contributed by atoms with E-state index < -0.39 is 0 Å². The highest BCUT2D eigenvalue weighted by Crippen LogP contribution is 2.11. The fraction of sp³-hybridized carbons (Fsp3) is 0.167. The summed E-state index contributed by atoms with van der Waals surface area (Å²) in [4.78, 5) is 7.29. The molecule has 0 aliphatic carbocycles. The monoisotopic (exact) mass is 214 g/mol. The molecule has 2 rings (SSSR count). The average Bonchev–Trinajstić information content (AvgIpc) is 2.68. The summed E-state index contributed by atoms with van der Waals surface area (Å²) >= 11 is 0. The molecule has 3 N–H and O–H groups in total. The molecule has 0 saturated carbocycles. The van der Waals surface area contributed by atoms with Crippen molar-refractivity contribution in [2.24, 2.45) is 0 Å². The predicted octanol–water partition coefficient (Wildman–Crippen LogP) is 2.33. The molecule has 0 unspecified atom stereocenters. The molecule has 16 heavy (non-hydrogen) atoms. The SMILES string of the molecule is Cc1nc(NCc2ccccc2)c(C=N)[nH]1. The summed E-state index contributed by atoms with van der Waals surface area (Å²) < 4.78 is 0. The third-order valence-electron chi connectivity index (χ3n) is 2.30. The zero-order chi connectivity index (χ0) is 11.4. The Balaban J connectivity index is 2.07. The molecule has 1 aromatic carbocycles. The van der Waals surface area contributed by atoms with E-state index in [0.717, 1.165) is 11.6 Å². The minimum Gasteiger partial charge on any atom is -0.364 e. The van der Waals surface area contributed by atoms with Gasteiger partial charge in [0.05, 0.1) is 0 Å². The van der Waals surface area contributed by atoms with Crippen molar-refractivity contribution < 1.29 is 0 Å². The first-order valence-electron chi connectivity index (χ1n) is 5.14. The zero-order valence-electron chi connectivity index (χ0n) is 9.12. The van der Waals surface area contributed by atoms with Gasteiger partial charge in [0.15, 0.2) is 5.82 Å². The lowest BCUT2D eigenvalue weighted by molar-refractivity contribution is 1.10. The number of imidazole rings is 1. The molecule has 0 atom stereocenters. The smallest absolute Gasteiger partial charge is 0.153 e. The molecule has 1 heterocycles. The molecular weight excluding hydrogens is 200 g/mol. The van der Waals surface area contributed by atoms with Crippen molar-refractivity contribution in [3.05, 3.63) is 47.4 Å². The number of aromatic amines is 1. The van der Waals surface area contributed by atoms with Gasteiger partial charge in [0.25, 0.3) is 0 Å². The molecule has 1 aromatic heterocycles. The zero-order valence-corrected chi connectivity index (χ0v) is 9.12. The molecule has 0 aliphatic rings. The molecule has 0 amide bonds. The van der Waals surface area contributed by atoms with Crippen LogP contribution in [-0.4, -0.2) is 16.2 Å². The number of hydrogen-bond donors (Lipinski definition) is 3. The summed E-state index contributed by atoms with van der Waals surface area (Å²) in [5.74, 6) is 1.55. The summed E-state index contributed by atoms with van der Waals surface area (Å²) in [5, 5.41) is 10.5. The van der Waals surface area contributed by atoms with Gasteiger partial charge in [0, 0.05) is 12.8 Å². The van der Waals surface area contributed by atoms with E-state index in [1.54, 1.807) is 0 Å². The van der Waals surface area contributed by atoms with Crippen LogP contribution in [0.5, 0.6) is 0 Å². The lowest BCUT2D eigenvalue weighted by atomic mass is 10.2. The van der Waals surface area contributed by atoms with Gasteiger partial charge in [-0.15, -0.1) is 0 Å². The first kappa shape index (κ1) is 10.4. The van der Waals surface area contributed by atoms with Crippen LogP contribution < -0.4 is 5.32 Å². The van der Waals surface area contributed by atoms with Crippen LogP contribution in [0.25, 0.3) is 0 Å². The van der Waals surface area contributed by atoms with Gasteiger partial charge in [-0.1, -0.05) is 30.3 Å². The van der Waals surface area contributed by atoms with Crippen LogP contribution in [0.4, 0.5) is 5.82 Å². The van der Waals surface area contributed by atoms with Gasteiger partial charge in [0.2, 0.25) is 0 Å². The maximum absolute atomic E-state index is 7.24. The van der Waals surface area contributed by atoms with Crippen LogP contribution in [0.2, 0.25) is 0 Å². The van der Waals surface area contributed by atoms with Gasteiger partial charge in [-0.2, -0.15) is 0 Å². The number of nitrogens with zero attached hydrogens (tertiary/aromatic N) is 1. The lowest BCUT2D eigenvalue weighted by Crippen LogP contribution is -2.01. The van der Waals surface area contributed by atoms with Crippen molar-refractivity contribution >= 4 is 12.0 Å². The van der Waals surface area contributed by atoms with Gasteiger partial charge in [0.1, 0.15) is 11.5 Å². The first-order chi connectivity index (χ1) is 7.79. The Kier molecular flexibility index (Phi) is 3.00. The van der Waals surface area contributed by atoms with Gasteiger partial charge in [-0.25, -0.2) is 4.98 Å². The van der Waals surface area contributed by atoms with Crippen LogP contribution in [0, 0.1) is 12.3 Å². The number of rotatable bonds is 4. The maximum Gasteiger partial charge on any atom is 0.153 e. The van der Waals surface area contributed by atoms with Crippen molar-refractivity contribution in [2.45, 2.75) is 13.5 Å². The Morgan fingerprint density at radius 2 is 2.12 bits per heavy atom. The van der Waals surface area contributed by atoms with E-state index in [1.807, 2.05) is 25.1 Å². The van der Waals surface area contributed by atoms with Crippen LogP contribution in [0.15, 0.2) is 30.3 Å². The molecule has 0 bridgehead atoms. The molecule has 0 radical (unpaired) electrons. The van der Waals surface area contributed by atoms with Crippen molar-refractivity contribution in [1.82, 2.24) is 9.97 Å². The fourth-order valence-corrected chi connectivity index (χ4v) is 1.53. The van der Waals surface area contributed by atoms with E-state index in [4.69, 9.17) is 5.41 Å². The van der Waals surface area contributed by atoms with Crippen LogP contribution in [-0.2, 0) is 6.54 Å². The van der Waals surface area contributed by atoms with E-state index in [2.05, 4.69) is 27.4 Å². The number of aromatic nitrogens is 2. The van der Waals surface area contributed by atoms with Gasteiger partial charge >= 0.3 is 0 Å². The first-order valence-corrected chi connectivity index (χ1v) is 5.14. The average molecular weight is 214 g/mol. The van der Waals surface area contributed by atoms with E-state index >= 15 is 0 Å². The highest BCUT2D eigenvalue weighted by atomic mass is 15.1. The molecular formula is C12H14N4. The molecule has 0 saturated heterocycles. The van der Waals surface area contributed by atoms with Crippen molar-refractivity contribution in [2.75, 3.05) is 5.32 Å². The number of anilines is 1. The largest absolute Gasteiger partial charge is 0.364 e. The third kappa shape index (κ3) is 2.28. The Morgan fingerprint density at radius 1 is 1.38 bits per heavy atom. The van der Waals surface area contributed by atoms with Gasteiger partial charge in [-0.05, 0) is 12.5 Å². The second-order valence-electron chi connectivity index (χ2n) is 3.57. The molecule has 0 aliphatic heterocycles. The minimum absolute atomic E-state index is 0.714. The van der Waals surface area contributed by atoms with E-state index in [9.17, 15) is 0 Å². The normalized spacial score (nSPS) is 10.1. The number of H-pyrrole nitrogens is 1. The highest BCUT2D eigenvalue weighted by molar-refractivity contribution is 5.81. The predicted molar refractivity (Wildman–Crippen MR) is 65.0 cm³/mol. The maximum atomic E-state index is 7.24. The molecule has 2 aromatic rings. The number of aryl methyl sites for hydroxylation is 1. The van der Waals surface area contributed by atoms with E-state index in [-0.39, 0.29) is 0 Å². The highest BCUT2D eigenvalue weighted by Gasteiger charge is 2.04. The van der Waals surface area contributed by atoms with Crippen LogP contribution in [0.3, 0.4) is 0 Å². The number of nitrogens with one attached hydrogen (secondary N) is 3. The molecule has 4 heteroatoms. The summed E-state index contributed by atoms with van der Waals surface area (Å²) in [6, 6.07) is 10.1. The number of benzene rings is 1. The second-order valence-corrected chi connectivity index (χ2v) is 3.57. The van der Waals surface area contributed by atoms with E-state index in [0.29, 0.717) is 12.2 Å². The van der Waals surface area contributed by atoms with Crippen molar-refractivity contribution in [1.29, 1.82) is 5.41 Å². The topological polar surface area (TPSA) is 64.6 Å². The van der Waals surface area contributed by atoms with Gasteiger partial charge < -0.3 is 15.7 Å². The standard InChI is InChI=1S/C12H14N4/c1-9-15-11(7-13)12(16-9)14-8-10-5-3-2-4-6-10/h2-7,13-14H,8H2,1H3,(H,15,16). The Labute approximate surface area is 94.2 Å². The Morgan fingerprint density at radius 3 is 2.81 bits per heavy atom.